The molecule has 0 amide bonds. The van der Waals surface area contributed by atoms with E-state index in [1.54, 1.807) is 0 Å². The van der Waals surface area contributed by atoms with E-state index in [2.05, 4.69) is 0 Å². The highest BCUT2D eigenvalue weighted by molar-refractivity contribution is 5.64. The molecule has 0 atom stereocenters. The predicted octanol–water partition coefficient (Wildman–Crippen LogP) is 2.10. The number of aliphatic hydroxyl groups is 2. The topological polar surface area (TPSA) is 58.9 Å². The largest absolute Gasteiger partial charge is 0.491 e. The van der Waals surface area contributed by atoms with Crippen LogP contribution in [-0.4, -0.2) is 36.6 Å². The van der Waals surface area contributed by atoms with Crippen molar-refractivity contribution in [2.75, 3.05) is 26.4 Å². The van der Waals surface area contributed by atoms with Crippen molar-refractivity contribution in [2.45, 2.75) is 0 Å². The summed E-state index contributed by atoms with van der Waals surface area (Å²) in [6.07, 6.45) is 0. The summed E-state index contributed by atoms with van der Waals surface area (Å²) in [5.74, 6) is 1.48. The number of hydrogen-bond donors (Lipinski definition) is 2. The van der Waals surface area contributed by atoms with Crippen LogP contribution in [0.25, 0.3) is 11.1 Å². The lowest BCUT2D eigenvalue weighted by atomic mass is 10.1. The molecule has 0 saturated heterocycles. The van der Waals surface area contributed by atoms with Crippen LogP contribution in [0, 0.1) is 0 Å². The molecular formula is C16H18O4. The Morgan fingerprint density at radius 3 is 1.25 bits per heavy atom. The van der Waals surface area contributed by atoms with Gasteiger partial charge in [-0.15, -0.1) is 0 Å². The fourth-order valence-electron chi connectivity index (χ4n) is 1.81. The van der Waals surface area contributed by atoms with Crippen LogP contribution in [0.1, 0.15) is 0 Å². The highest BCUT2D eigenvalue weighted by Gasteiger charge is 2.00. The van der Waals surface area contributed by atoms with Crippen LogP contribution in [0.15, 0.2) is 48.5 Å². The van der Waals surface area contributed by atoms with Crippen molar-refractivity contribution >= 4 is 0 Å². The van der Waals surface area contributed by atoms with E-state index in [0.717, 1.165) is 22.6 Å². The van der Waals surface area contributed by atoms with Crippen molar-refractivity contribution in [2.24, 2.45) is 0 Å². The Morgan fingerprint density at radius 2 is 0.950 bits per heavy atom. The molecule has 0 heterocycles. The third-order valence-corrected chi connectivity index (χ3v) is 2.76. The molecule has 2 aromatic carbocycles. The average Bonchev–Trinajstić information content (AvgIpc) is 2.52. The van der Waals surface area contributed by atoms with E-state index in [-0.39, 0.29) is 13.2 Å². The summed E-state index contributed by atoms with van der Waals surface area (Å²) in [4.78, 5) is 0. The van der Waals surface area contributed by atoms with Gasteiger partial charge in [0, 0.05) is 0 Å². The Balaban J connectivity index is 2.03. The summed E-state index contributed by atoms with van der Waals surface area (Å²) >= 11 is 0. The zero-order valence-electron chi connectivity index (χ0n) is 11.2. The minimum absolute atomic E-state index is 0.0110. The quantitative estimate of drug-likeness (QED) is 0.811. The van der Waals surface area contributed by atoms with Crippen molar-refractivity contribution in [3.63, 3.8) is 0 Å². The van der Waals surface area contributed by atoms with Crippen LogP contribution in [0.3, 0.4) is 0 Å². The molecule has 0 aliphatic rings. The predicted molar refractivity (Wildman–Crippen MR) is 77.0 cm³/mol. The molecule has 106 valence electrons. The molecule has 0 bridgehead atoms. The summed E-state index contributed by atoms with van der Waals surface area (Å²) < 4.78 is 10.6. The molecule has 0 radical (unpaired) electrons. The van der Waals surface area contributed by atoms with E-state index >= 15 is 0 Å². The van der Waals surface area contributed by atoms with E-state index in [1.807, 2.05) is 48.5 Å². The molecule has 0 spiro atoms. The van der Waals surface area contributed by atoms with E-state index in [4.69, 9.17) is 19.7 Å². The van der Waals surface area contributed by atoms with Gasteiger partial charge in [0.25, 0.3) is 0 Å². The van der Waals surface area contributed by atoms with E-state index < -0.39 is 0 Å². The zero-order chi connectivity index (χ0) is 14.2. The molecule has 2 aromatic rings. The molecule has 4 nitrogen and oxygen atoms in total. The minimum atomic E-state index is 0.0110. The Labute approximate surface area is 118 Å². The van der Waals surface area contributed by atoms with Gasteiger partial charge < -0.3 is 19.7 Å². The van der Waals surface area contributed by atoms with Crippen molar-refractivity contribution in [3.8, 4) is 22.6 Å². The maximum absolute atomic E-state index is 8.70. The number of aliphatic hydroxyl groups excluding tert-OH is 2. The van der Waals surface area contributed by atoms with Gasteiger partial charge in [0.2, 0.25) is 0 Å². The molecule has 0 aliphatic carbocycles. The lowest BCUT2D eigenvalue weighted by Gasteiger charge is -2.07. The minimum Gasteiger partial charge on any atom is -0.491 e. The highest BCUT2D eigenvalue weighted by Crippen LogP contribution is 2.24. The molecule has 0 fully saturated rings. The second-order valence-corrected chi connectivity index (χ2v) is 4.19. The van der Waals surface area contributed by atoms with Crippen molar-refractivity contribution < 1.29 is 19.7 Å². The summed E-state index contributed by atoms with van der Waals surface area (Å²) in [5.41, 5.74) is 2.16. The Bertz CT molecular complexity index is 456. The second kappa shape index (κ2) is 7.53. The number of benzene rings is 2. The number of rotatable bonds is 7. The Hall–Kier alpha value is -2.04. The van der Waals surface area contributed by atoms with Gasteiger partial charge >= 0.3 is 0 Å². The van der Waals surface area contributed by atoms with E-state index in [9.17, 15) is 0 Å². The van der Waals surface area contributed by atoms with Crippen LogP contribution in [0.2, 0.25) is 0 Å². The molecule has 0 aliphatic heterocycles. The van der Waals surface area contributed by atoms with Gasteiger partial charge in [-0.2, -0.15) is 0 Å². The lowest BCUT2D eigenvalue weighted by molar-refractivity contribution is 0.201. The van der Waals surface area contributed by atoms with Crippen LogP contribution in [0.4, 0.5) is 0 Å². The normalized spacial score (nSPS) is 10.3. The SMILES string of the molecule is OCCOc1ccc(-c2ccc(OCCO)cc2)cc1. The number of hydrogen-bond acceptors (Lipinski definition) is 4. The van der Waals surface area contributed by atoms with Gasteiger partial charge in [-0.25, -0.2) is 0 Å². The smallest absolute Gasteiger partial charge is 0.119 e. The zero-order valence-corrected chi connectivity index (χ0v) is 11.2. The van der Waals surface area contributed by atoms with Crippen molar-refractivity contribution in [1.29, 1.82) is 0 Å². The maximum atomic E-state index is 8.70. The standard InChI is InChI=1S/C16H18O4/c17-9-11-19-15-5-1-13(2-6-15)14-3-7-16(8-4-14)20-12-10-18/h1-8,17-18H,9-12H2. The molecule has 0 aromatic heterocycles. The Kier molecular flexibility index (Phi) is 5.41. The first-order valence-corrected chi connectivity index (χ1v) is 6.51. The summed E-state index contributed by atoms with van der Waals surface area (Å²) in [6.45, 7) is 0.626. The summed E-state index contributed by atoms with van der Waals surface area (Å²) in [6, 6.07) is 15.4. The number of ether oxygens (including phenoxy) is 2. The van der Waals surface area contributed by atoms with Crippen molar-refractivity contribution in [3.05, 3.63) is 48.5 Å². The first-order chi connectivity index (χ1) is 9.83. The van der Waals surface area contributed by atoms with Gasteiger partial charge in [-0.1, -0.05) is 24.3 Å². The molecular weight excluding hydrogens is 256 g/mol. The first-order valence-electron chi connectivity index (χ1n) is 6.51. The van der Waals surface area contributed by atoms with Crippen LogP contribution in [-0.2, 0) is 0 Å². The van der Waals surface area contributed by atoms with Gasteiger partial charge in [0.05, 0.1) is 13.2 Å². The van der Waals surface area contributed by atoms with Crippen LogP contribution >= 0.6 is 0 Å². The fraction of sp³-hybridized carbons (Fsp3) is 0.250. The first kappa shape index (κ1) is 14.4. The van der Waals surface area contributed by atoms with Crippen molar-refractivity contribution in [1.82, 2.24) is 0 Å². The molecule has 20 heavy (non-hydrogen) atoms. The summed E-state index contributed by atoms with van der Waals surface area (Å²) in [7, 11) is 0. The third kappa shape index (κ3) is 3.98. The van der Waals surface area contributed by atoms with E-state index in [0.29, 0.717) is 13.2 Å². The highest BCUT2D eigenvalue weighted by atomic mass is 16.5. The van der Waals surface area contributed by atoms with Gasteiger partial charge in [0.15, 0.2) is 0 Å². The van der Waals surface area contributed by atoms with Gasteiger partial charge in [-0.05, 0) is 35.4 Å². The monoisotopic (exact) mass is 274 g/mol. The molecule has 0 saturated carbocycles. The van der Waals surface area contributed by atoms with Crippen LogP contribution in [0.5, 0.6) is 11.5 Å². The lowest BCUT2D eigenvalue weighted by Crippen LogP contribution is -2.01. The van der Waals surface area contributed by atoms with Gasteiger partial charge in [0.1, 0.15) is 24.7 Å². The van der Waals surface area contributed by atoms with Crippen LogP contribution < -0.4 is 9.47 Å². The second-order valence-electron chi connectivity index (χ2n) is 4.19. The molecule has 0 unspecified atom stereocenters. The molecule has 4 heteroatoms. The Morgan fingerprint density at radius 1 is 0.600 bits per heavy atom. The van der Waals surface area contributed by atoms with Gasteiger partial charge in [-0.3, -0.25) is 0 Å². The van der Waals surface area contributed by atoms with E-state index in [1.165, 1.54) is 0 Å². The summed E-state index contributed by atoms with van der Waals surface area (Å²) in [5, 5.41) is 17.4. The average molecular weight is 274 g/mol. The maximum Gasteiger partial charge on any atom is 0.119 e. The molecule has 2 N–H and O–H groups in total. The fourth-order valence-corrected chi connectivity index (χ4v) is 1.81. The molecule has 2 rings (SSSR count). The third-order valence-electron chi connectivity index (χ3n) is 2.76.